The summed E-state index contributed by atoms with van der Waals surface area (Å²) in [5.74, 6) is 9.28. The molecule has 5 fully saturated rings. The van der Waals surface area contributed by atoms with Crippen LogP contribution in [0.2, 0.25) is 24.2 Å². The second kappa shape index (κ2) is 9.45. The smallest absolute Gasteiger partial charge is 0.0541 e. The second-order valence-electron chi connectivity index (χ2n) is 17.6. The van der Waals surface area contributed by atoms with Crippen LogP contribution in [0.5, 0.6) is 0 Å². The molecule has 0 aliphatic heterocycles. The van der Waals surface area contributed by atoms with E-state index in [1.54, 1.807) is 57.8 Å². The summed E-state index contributed by atoms with van der Waals surface area (Å²) in [4.78, 5) is 0. The van der Waals surface area contributed by atoms with Crippen LogP contribution in [0.3, 0.4) is 0 Å². The van der Waals surface area contributed by atoms with Crippen LogP contribution in [0, 0.1) is 64.1 Å². The van der Waals surface area contributed by atoms with Crippen molar-refractivity contribution in [2.24, 2.45) is 64.1 Å². The average molecular weight is 499 g/mol. The van der Waals surface area contributed by atoms with E-state index < -0.39 is 8.07 Å². The van der Waals surface area contributed by atoms with Crippen molar-refractivity contribution >= 4 is 8.07 Å². The van der Waals surface area contributed by atoms with E-state index in [1.807, 2.05) is 0 Å². The molecule has 5 aliphatic carbocycles. The largest absolute Gasteiger partial charge is 0.0689 e. The van der Waals surface area contributed by atoms with Gasteiger partial charge in [0.15, 0.2) is 0 Å². The quantitative estimate of drug-likeness (QED) is 0.339. The van der Waals surface area contributed by atoms with Gasteiger partial charge in [0, 0.05) is 0 Å². The maximum atomic E-state index is 2.87. The van der Waals surface area contributed by atoms with Gasteiger partial charge in [-0.1, -0.05) is 100 Å². The summed E-state index contributed by atoms with van der Waals surface area (Å²) in [6, 6.07) is 0. The molecular formula is C34H62Si. The molecule has 0 bridgehead atoms. The third kappa shape index (κ3) is 4.89. The summed E-state index contributed by atoms with van der Waals surface area (Å²) >= 11 is 0. The predicted octanol–water partition coefficient (Wildman–Crippen LogP) is 10.8. The van der Waals surface area contributed by atoms with Crippen molar-refractivity contribution in [3.8, 4) is 0 Å². The van der Waals surface area contributed by atoms with Crippen LogP contribution in [-0.4, -0.2) is 8.07 Å². The first kappa shape index (κ1) is 26.8. The first-order valence-electron chi connectivity index (χ1n) is 16.3. The first-order chi connectivity index (χ1) is 16.3. The molecule has 35 heavy (non-hydrogen) atoms. The predicted molar refractivity (Wildman–Crippen MR) is 156 cm³/mol. The Hall–Kier alpha value is 0.217. The molecule has 0 saturated heterocycles. The molecule has 0 aromatic heterocycles. The molecule has 0 amide bonds. The molecular weight excluding hydrogens is 436 g/mol. The van der Waals surface area contributed by atoms with Crippen LogP contribution in [0.1, 0.15) is 126 Å². The summed E-state index contributed by atoms with van der Waals surface area (Å²) in [5.41, 5.74) is 3.20. The van der Waals surface area contributed by atoms with Crippen molar-refractivity contribution in [2.45, 2.75) is 150 Å². The zero-order valence-electron chi connectivity index (χ0n) is 25.3. The minimum absolute atomic E-state index is 0.466. The summed E-state index contributed by atoms with van der Waals surface area (Å²) in [6.07, 6.45) is 18.8. The average Bonchev–Trinajstić information content (AvgIpc) is 3.49. The Balaban J connectivity index is 1.47. The van der Waals surface area contributed by atoms with E-state index in [0.29, 0.717) is 10.8 Å². The lowest BCUT2D eigenvalue weighted by molar-refractivity contribution is -0.0360. The molecule has 0 nitrogen and oxygen atoms in total. The van der Waals surface area contributed by atoms with Gasteiger partial charge in [0.1, 0.15) is 0 Å². The molecule has 202 valence electrons. The van der Waals surface area contributed by atoms with Gasteiger partial charge in [0.25, 0.3) is 0 Å². The van der Waals surface area contributed by atoms with Crippen molar-refractivity contribution in [3.05, 3.63) is 0 Å². The standard InChI is InChI=1S/C34H62Si/c1-22-17-29-30(32(22)35(8,9)27-14-10-11-15-27)20-23-13-12-16-28(23)31(29)24-18-25(33(2,3)4)21-26(19-24)34(5,6)7/h22-32H,10-21H2,1-9H3. The highest BCUT2D eigenvalue weighted by atomic mass is 28.3. The van der Waals surface area contributed by atoms with Gasteiger partial charge >= 0.3 is 0 Å². The molecule has 0 aromatic carbocycles. The van der Waals surface area contributed by atoms with Gasteiger partial charge in [-0.3, -0.25) is 0 Å². The third-order valence-corrected chi connectivity index (χ3v) is 19.0. The number of hydrogen-bond donors (Lipinski definition) is 0. The van der Waals surface area contributed by atoms with E-state index in [2.05, 4.69) is 61.6 Å². The van der Waals surface area contributed by atoms with Crippen LogP contribution < -0.4 is 0 Å². The first-order valence-corrected chi connectivity index (χ1v) is 19.4. The third-order valence-electron chi connectivity index (χ3n) is 13.6. The van der Waals surface area contributed by atoms with Crippen molar-refractivity contribution < 1.29 is 0 Å². The molecule has 0 spiro atoms. The molecule has 0 N–H and O–H groups in total. The van der Waals surface area contributed by atoms with Crippen molar-refractivity contribution in [1.82, 2.24) is 0 Å². The summed E-state index contributed by atoms with van der Waals surface area (Å²) in [6.45, 7) is 23.8. The zero-order valence-corrected chi connectivity index (χ0v) is 26.3. The maximum absolute atomic E-state index is 2.87. The number of fused-ring (bicyclic) bond motifs is 2. The lowest BCUT2D eigenvalue weighted by Gasteiger charge is -2.54. The Kier molecular flexibility index (Phi) is 7.24. The highest BCUT2D eigenvalue weighted by Crippen LogP contribution is 2.67. The van der Waals surface area contributed by atoms with E-state index in [4.69, 9.17) is 0 Å². The molecule has 1 heteroatoms. The van der Waals surface area contributed by atoms with Gasteiger partial charge in [0.05, 0.1) is 8.07 Å². The van der Waals surface area contributed by atoms with Crippen LogP contribution in [0.15, 0.2) is 0 Å². The topological polar surface area (TPSA) is 0 Å². The van der Waals surface area contributed by atoms with Gasteiger partial charge in [-0.15, -0.1) is 0 Å². The molecule has 0 aromatic rings. The highest BCUT2D eigenvalue weighted by molar-refractivity contribution is 6.80. The number of hydrogen-bond acceptors (Lipinski definition) is 0. The van der Waals surface area contributed by atoms with E-state index in [-0.39, 0.29) is 0 Å². The van der Waals surface area contributed by atoms with E-state index in [0.717, 1.165) is 64.3 Å². The van der Waals surface area contributed by atoms with Crippen molar-refractivity contribution in [2.75, 3.05) is 0 Å². The minimum atomic E-state index is -1.22. The Labute approximate surface area is 221 Å². The Morgan fingerprint density at radius 1 is 0.571 bits per heavy atom. The van der Waals surface area contributed by atoms with Crippen LogP contribution in [0.25, 0.3) is 0 Å². The van der Waals surface area contributed by atoms with Crippen LogP contribution in [0.4, 0.5) is 0 Å². The maximum Gasteiger partial charge on any atom is 0.0541 e. The summed E-state index contributed by atoms with van der Waals surface area (Å²) in [5, 5.41) is 0. The second-order valence-corrected chi connectivity index (χ2v) is 22.8. The fraction of sp³-hybridized carbons (Fsp3) is 1.00. The van der Waals surface area contributed by atoms with Crippen molar-refractivity contribution in [1.29, 1.82) is 0 Å². The SMILES string of the molecule is CC1CC2C(CC3CCCC3C2C2CC(C(C)(C)C)CC(C(C)(C)C)C2)C1[Si](C)(C)C1CCCC1. The molecule has 5 aliphatic rings. The van der Waals surface area contributed by atoms with Crippen molar-refractivity contribution in [3.63, 3.8) is 0 Å². The Morgan fingerprint density at radius 2 is 1.17 bits per heavy atom. The Bertz CT molecular complexity index is 709. The van der Waals surface area contributed by atoms with E-state index >= 15 is 0 Å². The summed E-state index contributed by atoms with van der Waals surface area (Å²) in [7, 11) is -1.22. The van der Waals surface area contributed by atoms with Gasteiger partial charge in [-0.2, -0.15) is 0 Å². The van der Waals surface area contributed by atoms with E-state index in [1.165, 1.54) is 19.3 Å². The monoisotopic (exact) mass is 498 g/mol. The number of rotatable bonds is 3. The Morgan fingerprint density at radius 3 is 1.74 bits per heavy atom. The molecule has 5 saturated carbocycles. The van der Waals surface area contributed by atoms with Crippen LogP contribution >= 0.6 is 0 Å². The fourth-order valence-corrected chi connectivity index (χ4v) is 17.3. The van der Waals surface area contributed by atoms with Crippen LogP contribution in [-0.2, 0) is 0 Å². The minimum Gasteiger partial charge on any atom is -0.0689 e. The molecule has 0 radical (unpaired) electrons. The zero-order chi connectivity index (χ0) is 25.3. The normalized spacial score (nSPS) is 45.5. The van der Waals surface area contributed by atoms with E-state index in [9.17, 15) is 0 Å². The lowest BCUT2D eigenvalue weighted by atomic mass is 9.52. The highest BCUT2D eigenvalue weighted by Gasteiger charge is 2.60. The van der Waals surface area contributed by atoms with Gasteiger partial charge in [0.2, 0.25) is 0 Å². The molecule has 9 unspecified atom stereocenters. The lowest BCUT2D eigenvalue weighted by Crippen LogP contribution is -2.48. The van der Waals surface area contributed by atoms with Gasteiger partial charge in [-0.05, 0) is 114 Å². The molecule has 5 rings (SSSR count). The van der Waals surface area contributed by atoms with Gasteiger partial charge in [-0.25, -0.2) is 0 Å². The fourth-order valence-electron chi connectivity index (χ4n) is 11.8. The molecule has 0 heterocycles. The summed E-state index contributed by atoms with van der Waals surface area (Å²) < 4.78 is 0. The van der Waals surface area contributed by atoms with Gasteiger partial charge < -0.3 is 0 Å². The molecule has 9 atom stereocenters.